The number of thiophene rings is 1. The summed E-state index contributed by atoms with van der Waals surface area (Å²) in [5.74, 6) is 0.977. The second-order valence-corrected chi connectivity index (χ2v) is 8.06. The summed E-state index contributed by atoms with van der Waals surface area (Å²) in [7, 11) is 3.21. The van der Waals surface area contributed by atoms with Crippen LogP contribution in [0, 0.1) is 5.82 Å². The van der Waals surface area contributed by atoms with Crippen LogP contribution in [0.1, 0.15) is 20.8 Å². The molecule has 0 bridgehead atoms. The molecule has 4 aromatic rings. The molecule has 4 nitrogen and oxygen atoms in total. The number of nitrogens with zero attached hydrogens (tertiary/aromatic N) is 1. The van der Waals surface area contributed by atoms with Crippen molar-refractivity contribution < 1.29 is 18.7 Å². The maximum Gasteiger partial charge on any atom is 0.272 e. The fraction of sp³-hybridized carbons (Fsp3) is 0.115. The Kier molecular flexibility index (Phi) is 6.52. The number of rotatable bonds is 7. The average Bonchev–Trinajstić information content (AvgIpc) is 3.37. The fourth-order valence-electron chi connectivity index (χ4n) is 3.48. The second-order valence-electron chi connectivity index (χ2n) is 7.11. The monoisotopic (exact) mass is 447 g/mol. The predicted octanol–water partition coefficient (Wildman–Crippen LogP) is 6.47. The lowest BCUT2D eigenvalue weighted by atomic mass is 10.0. The number of hydrogen-bond acceptors (Lipinski definition) is 4. The summed E-state index contributed by atoms with van der Waals surface area (Å²) in [6.07, 6.45) is 0.511. The number of methoxy groups -OCH3 is 2. The zero-order chi connectivity index (χ0) is 22.5. The number of amides is 1. The van der Waals surface area contributed by atoms with Crippen LogP contribution >= 0.6 is 11.3 Å². The van der Waals surface area contributed by atoms with Gasteiger partial charge in [0, 0.05) is 5.69 Å². The molecule has 0 aliphatic heterocycles. The van der Waals surface area contributed by atoms with Gasteiger partial charge in [0.25, 0.3) is 5.91 Å². The van der Waals surface area contributed by atoms with E-state index in [1.54, 1.807) is 31.3 Å². The summed E-state index contributed by atoms with van der Waals surface area (Å²) in [6, 6.07) is 23.0. The van der Waals surface area contributed by atoms with Gasteiger partial charge in [0.2, 0.25) is 0 Å². The molecular weight excluding hydrogens is 425 g/mol. The zero-order valence-corrected chi connectivity index (χ0v) is 18.6. The number of carbonyl (C=O) groups is 1. The highest BCUT2D eigenvalue weighted by Crippen LogP contribution is 2.35. The highest BCUT2D eigenvalue weighted by molar-refractivity contribution is 7.12. The van der Waals surface area contributed by atoms with Crippen molar-refractivity contribution in [2.24, 2.45) is 0 Å². The third kappa shape index (κ3) is 4.65. The van der Waals surface area contributed by atoms with Gasteiger partial charge in [0.05, 0.1) is 24.8 Å². The number of halogens is 1. The molecule has 4 rings (SSSR count). The second kappa shape index (κ2) is 9.66. The standard InChI is InChI=1S/C26H22FNO3S/c1-30-22-11-9-21(10-12-22)28(26(29)25-4-3-15-32-25)24-14-13-23(31-2)17-19(24)16-18-5-7-20(27)8-6-18/h3-15,17H,16H2,1-2H3. The maximum atomic E-state index is 13.6. The average molecular weight is 448 g/mol. The Bertz CT molecular complexity index is 1190. The highest BCUT2D eigenvalue weighted by Gasteiger charge is 2.24. The molecule has 32 heavy (non-hydrogen) atoms. The van der Waals surface area contributed by atoms with Gasteiger partial charge in [-0.3, -0.25) is 9.69 Å². The molecule has 0 saturated carbocycles. The van der Waals surface area contributed by atoms with Crippen LogP contribution in [0.3, 0.4) is 0 Å². The van der Waals surface area contributed by atoms with Gasteiger partial charge in [0.1, 0.15) is 17.3 Å². The first-order valence-corrected chi connectivity index (χ1v) is 10.9. The van der Waals surface area contributed by atoms with Crippen molar-refractivity contribution >= 4 is 28.6 Å². The van der Waals surface area contributed by atoms with Gasteiger partial charge in [-0.05, 0) is 83.6 Å². The molecule has 0 fully saturated rings. The molecule has 0 N–H and O–H groups in total. The molecule has 162 valence electrons. The van der Waals surface area contributed by atoms with E-state index < -0.39 is 0 Å². The maximum absolute atomic E-state index is 13.6. The van der Waals surface area contributed by atoms with Crippen molar-refractivity contribution in [1.29, 1.82) is 0 Å². The van der Waals surface area contributed by atoms with Crippen LogP contribution < -0.4 is 14.4 Å². The fourth-order valence-corrected chi connectivity index (χ4v) is 4.13. The molecule has 1 amide bonds. The van der Waals surface area contributed by atoms with Crippen molar-refractivity contribution in [3.05, 3.63) is 106 Å². The highest BCUT2D eigenvalue weighted by atomic mass is 32.1. The van der Waals surface area contributed by atoms with E-state index in [0.717, 1.165) is 22.5 Å². The number of benzene rings is 3. The Balaban J connectivity index is 1.83. The van der Waals surface area contributed by atoms with Crippen molar-refractivity contribution in [3.63, 3.8) is 0 Å². The van der Waals surface area contributed by atoms with Crippen molar-refractivity contribution in [2.45, 2.75) is 6.42 Å². The van der Waals surface area contributed by atoms with Gasteiger partial charge >= 0.3 is 0 Å². The molecule has 6 heteroatoms. The van der Waals surface area contributed by atoms with Crippen LogP contribution in [0.25, 0.3) is 0 Å². The normalized spacial score (nSPS) is 10.6. The van der Waals surface area contributed by atoms with E-state index in [4.69, 9.17) is 9.47 Å². The summed E-state index contributed by atoms with van der Waals surface area (Å²) in [4.78, 5) is 15.9. The molecule has 0 aliphatic rings. The third-order valence-electron chi connectivity index (χ3n) is 5.10. The van der Waals surface area contributed by atoms with E-state index in [-0.39, 0.29) is 11.7 Å². The minimum absolute atomic E-state index is 0.129. The molecule has 1 aromatic heterocycles. The summed E-state index contributed by atoms with van der Waals surface area (Å²) in [6.45, 7) is 0. The lowest BCUT2D eigenvalue weighted by Crippen LogP contribution is -2.26. The van der Waals surface area contributed by atoms with Gasteiger partial charge in [-0.15, -0.1) is 11.3 Å². The minimum Gasteiger partial charge on any atom is -0.497 e. The molecule has 3 aromatic carbocycles. The number of anilines is 2. The van der Waals surface area contributed by atoms with Gasteiger partial charge < -0.3 is 9.47 Å². The van der Waals surface area contributed by atoms with Crippen LogP contribution in [0.15, 0.2) is 84.2 Å². The molecule has 0 aliphatic carbocycles. The molecule has 1 heterocycles. The van der Waals surface area contributed by atoms with Gasteiger partial charge in [0.15, 0.2) is 0 Å². The van der Waals surface area contributed by atoms with Crippen LogP contribution in [0.5, 0.6) is 11.5 Å². The first-order chi connectivity index (χ1) is 15.6. The Morgan fingerprint density at radius 1 is 0.906 bits per heavy atom. The molecule has 0 atom stereocenters. The lowest BCUT2D eigenvalue weighted by Gasteiger charge is -2.26. The van der Waals surface area contributed by atoms with E-state index in [9.17, 15) is 9.18 Å². The summed E-state index contributed by atoms with van der Waals surface area (Å²) >= 11 is 1.39. The Morgan fingerprint density at radius 3 is 2.22 bits per heavy atom. The van der Waals surface area contributed by atoms with Crippen molar-refractivity contribution in [2.75, 3.05) is 19.1 Å². The third-order valence-corrected chi connectivity index (χ3v) is 5.96. The molecular formula is C26H22FNO3S. The first-order valence-electron chi connectivity index (χ1n) is 10.0. The minimum atomic E-state index is -0.285. The largest absolute Gasteiger partial charge is 0.497 e. The summed E-state index contributed by atoms with van der Waals surface area (Å²) in [5, 5.41) is 1.88. The van der Waals surface area contributed by atoms with Crippen LogP contribution in [0.4, 0.5) is 15.8 Å². The van der Waals surface area contributed by atoms with E-state index in [1.165, 1.54) is 23.5 Å². The number of carbonyl (C=O) groups excluding carboxylic acids is 1. The zero-order valence-electron chi connectivity index (χ0n) is 17.7. The van der Waals surface area contributed by atoms with E-state index >= 15 is 0 Å². The van der Waals surface area contributed by atoms with E-state index in [0.29, 0.717) is 22.8 Å². The van der Waals surface area contributed by atoms with E-state index in [2.05, 4.69) is 0 Å². The molecule has 0 radical (unpaired) electrons. The van der Waals surface area contributed by atoms with Crippen LogP contribution in [0.2, 0.25) is 0 Å². The SMILES string of the molecule is COc1ccc(N(C(=O)c2cccs2)c2ccc(OC)cc2Cc2ccc(F)cc2)cc1. The van der Waals surface area contributed by atoms with Gasteiger partial charge in [-0.1, -0.05) is 18.2 Å². The molecule has 0 unspecified atom stereocenters. The molecule has 0 spiro atoms. The first kappa shape index (κ1) is 21.6. The summed E-state index contributed by atoms with van der Waals surface area (Å²) < 4.78 is 24.1. The van der Waals surface area contributed by atoms with Crippen molar-refractivity contribution in [1.82, 2.24) is 0 Å². The molecule has 0 saturated heterocycles. The lowest BCUT2D eigenvalue weighted by molar-refractivity contribution is 0.100. The van der Waals surface area contributed by atoms with E-state index in [1.807, 2.05) is 60.0 Å². The van der Waals surface area contributed by atoms with Crippen molar-refractivity contribution in [3.8, 4) is 11.5 Å². The predicted molar refractivity (Wildman–Crippen MR) is 126 cm³/mol. The number of hydrogen-bond donors (Lipinski definition) is 0. The van der Waals surface area contributed by atoms with Crippen LogP contribution in [-0.2, 0) is 6.42 Å². The summed E-state index contributed by atoms with van der Waals surface area (Å²) in [5.41, 5.74) is 3.27. The van der Waals surface area contributed by atoms with Crippen LogP contribution in [-0.4, -0.2) is 20.1 Å². The Morgan fingerprint density at radius 2 is 1.59 bits per heavy atom. The Labute approximate surface area is 190 Å². The topological polar surface area (TPSA) is 38.8 Å². The van der Waals surface area contributed by atoms with Gasteiger partial charge in [-0.25, -0.2) is 4.39 Å². The Hall–Kier alpha value is -3.64. The van der Waals surface area contributed by atoms with Gasteiger partial charge in [-0.2, -0.15) is 0 Å². The quantitative estimate of drug-likeness (QED) is 0.326. The number of ether oxygens (including phenoxy) is 2. The smallest absolute Gasteiger partial charge is 0.272 e.